The zero-order chi connectivity index (χ0) is 10.9. The van der Waals surface area contributed by atoms with Gasteiger partial charge in [0, 0.05) is 0 Å². The third kappa shape index (κ3) is 4.07. The normalized spacial score (nSPS) is 11.7. The van der Waals surface area contributed by atoms with Gasteiger partial charge in [0.15, 0.2) is 0 Å². The topological polar surface area (TPSA) is 38.7 Å². The van der Waals surface area contributed by atoms with E-state index >= 15 is 0 Å². The maximum atomic E-state index is 10.1. The Morgan fingerprint density at radius 2 is 2.13 bits per heavy atom. The van der Waals surface area contributed by atoms with E-state index in [2.05, 4.69) is 11.6 Å². The fourth-order valence-corrected chi connectivity index (χ4v) is 0.973. The highest BCUT2D eigenvalue weighted by atomic mass is 16.5. The van der Waals surface area contributed by atoms with E-state index in [1.807, 2.05) is 18.2 Å². The van der Waals surface area contributed by atoms with Crippen molar-refractivity contribution in [3.63, 3.8) is 0 Å². The second-order valence-corrected chi connectivity index (χ2v) is 2.66. The molecule has 0 aliphatic carbocycles. The number of rotatable bonds is 5. The summed E-state index contributed by atoms with van der Waals surface area (Å²) in [5.74, 6) is 0.648. The molecule has 3 nitrogen and oxygen atoms in total. The molecule has 0 spiro atoms. The number of carbonyl (C=O) groups excluding carboxylic acids is 1. The lowest BCUT2D eigenvalue weighted by molar-refractivity contribution is 0.259. The van der Waals surface area contributed by atoms with Crippen molar-refractivity contribution in [2.24, 2.45) is 4.99 Å². The molecule has 76 valence electrons. The Labute approximate surface area is 88.4 Å². The summed E-state index contributed by atoms with van der Waals surface area (Å²) in [7, 11) is 0. The zero-order valence-corrected chi connectivity index (χ0v) is 8.17. The van der Waals surface area contributed by atoms with E-state index in [4.69, 9.17) is 4.74 Å². The van der Waals surface area contributed by atoms with E-state index in [-0.39, 0.29) is 0 Å². The van der Waals surface area contributed by atoms with Crippen molar-refractivity contribution in [1.82, 2.24) is 0 Å². The lowest BCUT2D eigenvalue weighted by Crippen LogP contribution is -2.09. The van der Waals surface area contributed by atoms with Crippen LogP contribution in [0.2, 0.25) is 0 Å². The highest BCUT2D eigenvalue weighted by Gasteiger charge is 2.02. The van der Waals surface area contributed by atoms with Crippen molar-refractivity contribution in [3.8, 4) is 5.75 Å². The van der Waals surface area contributed by atoms with Crippen molar-refractivity contribution in [1.29, 1.82) is 0 Å². The molecule has 3 heteroatoms. The molecule has 0 saturated heterocycles. The summed E-state index contributed by atoms with van der Waals surface area (Å²) in [5, 5.41) is 0. The molecule has 0 aliphatic heterocycles. The molecule has 0 aliphatic rings. The standard InChI is InChI=1S/C12H11NO2/c1-2-3-9-12(13-10-14)15-11-7-5-4-6-8-11/h2-9,12H,1H2/b9-3-. The SMILES string of the molecule is C=C/C=C\C(N=C=O)Oc1ccccc1. The zero-order valence-electron chi connectivity index (χ0n) is 8.17. The highest BCUT2D eigenvalue weighted by molar-refractivity contribution is 5.34. The molecule has 15 heavy (non-hydrogen) atoms. The van der Waals surface area contributed by atoms with Crippen LogP contribution in [-0.4, -0.2) is 12.3 Å². The fourth-order valence-electron chi connectivity index (χ4n) is 0.973. The summed E-state index contributed by atoms with van der Waals surface area (Å²) >= 11 is 0. The van der Waals surface area contributed by atoms with Crippen molar-refractivity contribution in [2.75, 3.05) is 0 Å². The van der Waals surface area contributed by atoms with Crippen LogP contribution in [0.25, 0.3) is 0 Å². The Kier molecular flexibility index (Phi) is 4.64. The molecule has 0 bridgehead atoms. The average molecular weight is 201 g/mol. The van der Waals surface area contributed by atoms with Gasteiger partial charge in [0.1, 0.15) is 5.75 Å². The van der Waals surface area contributed by atoms with Crippen LogP contribution >= 0.6 is 0 Å². The molecule has 0 fully saturated rings. The fraction of sp³-hybridized carbons (Fsp3) is 0.0833. The first-order valence-corrected chi connectivity index (χ1v) is 4.44. The molecular formula is C12H11NO2. The Morgan fingerprint density at radius 1 is 1.40 bits per heavy atom. The van der Waals surface area contributed by atoms with Crippen LogP contribution in [0.5, 0.6) is 5.75 Å². The van der Waals surface area contributed by atoms with Gasteiger partial charge in [-0.1, -0.05) is 36.9 Å². The number of aliphatic imine (C=N–C) groups is 1. The number of hydrogen-bond acceptors (Lipinski definition) is 3. The number of hydrogen-bond donors (Lipinski definition) is 0. The Bertz CT molecular complexity index is 378. The van der Waals surface area contributed by atoms with E-state index in [1.165, 1.54) is 6.08 Å². The Balaban J connectivity index is 2.70. The Morgan fingerprint density at radius 3 is 2.73 bits per heavy atom. The second-order valence-electron chi connectivity index (χ2n) is 2.66. The molecule has 1 rings (SSSR count). The maximum Gasteiger partial charge on any atom is 0.238 e. The van der Waals surface area contributed by atoms with Gasteiger partial charge < -0.3 is 4.74 Å². The van der Waals surface area contributed by atoms with Crippen LogP contribution in [0, 0.1) is 0 Å². The van der Waals surface area contributed by atoms with Gasteiger partial charge in [-0.15, -0.1) is 0 Å². The number of nitrogens with zero attached hydrogens (tertiary/aromatic N) is 1. The van der Waals surface area contributed by atoms with Crippen LogP contribution in [0.15, 0.2) is 60.1 Å². The summed E-state index contributed by atoms with van der Waals surface area (Å²) in [6.07, 6.45) is 5.67. The van der Waals surface area contributed by atoms with E-state index < -0.39 is 6.23 Å². The molecule has 0 N–H and O–H groups in total. The molecule has 1 unspecified atom stereocenters. The van der Waals surface area contributed by atoms with Crippen molar-refractivity contribution in [2.45, 2.75) is 6.23 Å². The van der Waals surface area contributed by atoms with Crippen molar-refractivity contribution < 1.29 is 9.53 Å². The lowest BCUT2D eigenvalue weighted by atomic mass is 10.3. The highest BCUT2D eigenvalue weighted by Crippen LogP contribution is 2.11. The van der Waals surface area contributed by atoms with E-state index in [9.17, 15) is 4.79 Å². The summed E-state index contributed by atoms with van der Waals surface area (Å²) in [6, 6.07) is 9.14. The number of ether oxygens (including phenoxy) is 1. The molecule has 0 amide bonds. The molecule has 0 aromatic heterocycles. The number of isocyanates is 1. The molecule has 0 saturated carbocycles. The molecule has 0 radical (unpaired) electrons. The predicted octanol–water partition coefficient (Wildman–Crippen LogP) is 2.47. The van der Waals surface area contributed by atoms with Crippen molar-refractivity contribution >= 4 is 6.08 Å². The summed E-state index contributed by atoms with van der Waals surface area (Å²) in [5.41, 5.74) is 0. The molecular weight excluding hydrogens is 190 g/mol. The molecule has 0 heterocycles. The van der Waals surface area contributed by atoms with Crippen molar-refractivity contribution in [3.05, 3.63) is 55.1 Å². The second kappa shape index (κ2) is 6.35. The quantitative estimate of drug-likeness (QED) is 0.417. The number of allylic oxidation sites excluding steroid dienone is 2. The van der Waals surface area contributed by atoms with Gasteiger partial charge in [-0.25, -0.2) is 4.79 Å². The van der Waals surface area contributed by atoms with Gasteiger partial charge in [-0.2, -0.15) is 4.99 Å². The lowest BCUT2D eigenvalue weighted by Gasteiger charge is -2.08. The van der Waals surface area contributed by atoms with Crippen LogP contribution < -0.4 is 4.74 Å². The van der Waals surface area contributed by atoms with Crippen LogP contribution in [0.4, 0.5) is 0 Å². The minimum absolute atomic E-state index is 0.648. The largest absolute Gasteiger partial charge is 0.464 e. The Hall–Kier alpha value is -2.12. The first-order valence-electron chi connectivity index (χ1n) is 4.44. The minimum atomic E-state index is -0.650. The van der Waals surface area contributed by atoms with Crippen LogP contribution in [0.3, 0.4) is 0 Å². The van der Waals surface area contributed by atoms with Crippen LogP contribution in [-0.2, 0) is 4.79 Å². The van der Waals surface area contributed by atoms with E-state index in [0.29, 0.717) is 5.75 Å². The number of benzene rings is 1. The summed E-state index contributed by atoms with van der Waals surface area (Å²) < 4.78 is 5.39. The van der Waals surface area contributed by atoms with E-state index in [1.54, 1.807) is 30.4 Å². The summed E-state index contributed by atoms with van der Waals surface area (Å²) in [4.78, 5) is 13.6. The summed E-state index contributed by atoms with van der Waals surface area (Å²) in [6.45, 7) is 3.52. The van der Waals surface area contributed by atoms with Gasteiger partial charge in [-0.3, -0.25) is 0 Å². The van der Waals surface area contributed by atoms with Gasteiger partial charge in [0.25, 0.3) is 0 Å². The number of para-hydroxylation sites is 1. The molecule has 1 aromatic rings. The first-order chi connectivity index (χ1) is 7.36. The molecule has 1 atom stereocenters. The first kappa shape index (κ1) is 11.0. The minimum Gasteiger partial charge on any atom is -0.464 e. The predicted molar refractivity (Wildman–Crippen MR) is 58.3 cm³/mol. The van der Waals surface area contributed by atoms with E-state index in [0.717, 1.165) is 0 Å². The van der Waals surface area contributed by atoms with Gasteiger partial charge in [0.2, 0.25) is 12.3 Å². The van der Waals surface area contributed by atoms with Crippen LogP contribution in [0.1, 0.15) is 0 Å². The monoisotopic (exact) mass is 201 g/mol. The maximum absolute atomic E-state index is 10.1. The molecule has 1 aromatic carbocycles. The third-order valence-corrected chi connectivity index (χ3v) is 1.59. The van der Waals surface area contributed by atoms with Gasteiger partial charge in [0.05, 0.1) is 0 Å². The average Bonchev–Trinajstić information content (AvgIpc) is 2.28. The van der Waals surface area contributed by atoms with Gasteiger partial charge in [-0.05, 0) is 18.2 Å². The third-order valence-electron chi connectivity index (χ3n) is 1.59. The van der Waals surface area contributed by atoms with Gasteiger partial charge >= 0.3 is 0 Å². The smallest absolute Gasteiger partial charge is 0.238 e.